The van der Waals surface area contributed by atoms with Gasteiger partial charge in [-0.05, 0) is 12.5 Å². The van der Waals surface area contributed by atoms with Crippen molar-refractivity contribution < 1.29 is 4.79 Å². The Morgan fingerprint density at radius 1 is 0.900 bits per heavy atom. The molecule has 0 saturated carbocycles. The molecule has 0 aliphatic heterocycles. The Morgan fingerprint density at radius 2 is 1.40 bits per heavy atom. The monoisotopic (exact) mass is 279 g/mol. The molecule has 0 spiro atoms. The molecule has 116 valence electrons. The van der Waals surface area contributed by atoms with Gasteiger partial charge in [0.25, 0.3) is 0 Å². The summed E-state index contributed by atoms with van der Waals surface area (Å²) in [7, 11) is 0. The third kappa shape index (κ3) is 10.8. The topological polar surface area (TPSA) is 20.3 Å². The lowest BCUT2D eigenvalue weighted by atomic mass is 10.1. The average molecular weight is 279 g/mol. The zero-order chi connectivity index (χ0) is 15.1. The maximum atomic E-state index is 11.6. The summed E-state index contributed by atoms with van der Waals surface area (Å²) in [5.74, 6) is 0.0147. The van der Waals surface area contributed by atoms with Crippen molar-refractivity contribution >= 4 is 5.91 Å². The van der Waals surface area contributed by atoms with E-state index in [-0.39, 0.29) is 5.91 Å². The zero-order valence-electron chi connectivity index (χ0n) is 13.4. The van der Waals surface area contributed by atoms with Gasteiger partial charge < -0.3 is 4.90 Å². The first kappa shape index (κ1) is 18.9. The van der Waals surface area contributed by atoms with Crippen molar-refractivity contribution in [2.24, 2.45) is 0 Å². The Morgan fingerprint density at radius 3 is 1.85 bits per heavy atom. The molecule has 0 rings (SSSR count). The van der Waals surface area contributed by atoms with Crippen molar-refractivity contribution in [1.82, 2.24) is 4.90 Å². The van der Waals surface area contributed by atoms with Crippen molar-refractivity contribution in [1.29, 1.82) is 0 Å². The smallest absolute Gasteiger partial charge is 0.246 e. The molecule has 0 unspecified atom stereocenters. The van der Waals surface area contributed by atoms with Gasteiger partial charge in [0.15, 0.2) is 0 Å². The van der Waals surface area contributed by atoms with Gasteiger partial charge in [-0.1, -0.05) is 77.4 Å². The quantitative estimate of drug-likeness (QED) is 0.246. The van der Waals surface area contributed by atoms with Crippen molar-refractivity contribution in [3.8, 4) is 0 Å². The van der Waals surface area contributed by atoms with Crippen molar-refractivity contribution in [2.75, 3.05) is 13.1 Å². The van der Waals surface area contributed by atoms with Crippen LogP contribution in [0.3, 0.4) is 0 Å². The minimum absolute atomic E-state index is 0.0147. The first-order valence-electron chi connectivity index (χ1n) is 8.28. The van der Waals surface area contributed by atoms with Gasteiger partial charge in [-0.25, -0.2) is 0 Å². The molecule has 0 aromatic heterocycles. The van der Waals surface area contributed by atoms with E-state index in [0.717, 1.165) is 13.0 Å². The van der Waals surface area contributed by atoms with Gasteiger partial charge in [0, 0.05) is 13.1 Å². The van der Waals surface area contributed by atoms with Gasteiger partial charge in [0.1, 0.15) is 0 Å². The Hall–Kier alpha value is -1.05. The molecular weight excluding hydrogens is 246 g/mol. The molecule has 0 N–H and O–H groups in total. The second kappa shape index (κ2) is 14.4. The molecule has 0 atom stereocenters. The number of rotatable bonds is 14. The first-order chi connectivity index (χ1) is 9.76. The SMILES string of the molecule is C=CCN(CCCCCCCCCCCC)C(=O)C=C. The second-order valence-corrected chi connectivity index (χ2v) is 5.46. The lowest BCUT2D eigenvalue weighted by Gasteiger charge is -2.19. The van der Waals surface area contributed by atoms with Crippen LogP contribution >= 0.6 is 0 Å². The summed E-state index contributed by atoms with van der Waals surface area (Å²) in [4.78, 5) is 13.4. The predicted octanol–water partition coefficient (Wildman–Crippen LogP) is 5.11. The number of carbonyl (C=O) groups is 1. The Labute approximate surface area is 125 Å². The normalized spacial score (nSPS) is 10.2. The maximum Gasteiger partial charge on any atom is 0.246 e. The molecule has 0 aliphatic rings. The summed E-state index contributed by atoms with van der Waals surface area (Å²) >= 11 is 0. The van der Waals surface area contributed by atoms with Crippen molar-refractivity contribution in [2.45, 2.75) is 71.1 Å². The summed E-state index contributed by atoms with van der Waals surface area (Å²) < 4.78 is 0. The minimum Gasteiger partial charge on any atom is -0.335 e. The zero-order valence-corrected chi connectivity index (χ0v) is 13.4. The maximum absolute atomic E-state index is 11.6. The van der Waals surface area contributed by atoms with E-state index in [1.165, 1.54) is 63.9 Å². The molecule has 20 heavy (non-hydrogen) atoms. The highest BCUT2D eigenvalue weighted by Gasteiger charge is 2.06. The van der Waals surface area contributed by atoms with E-state index < -0.39 is 0 Å². The molecular formula is C18H33NO. The van der Waals surface area contributed by atoms with Crippen LogP contribution in [-0.4, -0.2) is 23.9 Å². The van der Waals surface area contributed by atoms with Crippen LogP contribution in [0.25, 0.3) is 0 Å². The predicted molar refractivity (Wildman–Crippen MR) is 88.8 cm³/mol. The first-order valence-corrected chi connectivity index (χ1v) is 8.28. The number of unbranched alkanes of at least 4 members (excludes halogenated alkanes) is 9. The third-order valence-corrected chi connectivity index (χ3v) is 3.62. The summed E-state index contributed by atoms with van der Waals surface area (Å²) in [6.45, 7) is 10.9. The van der Waals surface area contributed by atoms with Crippen molar-refractivity contribution in [3.05, 3.63) is 25.3 Å². The molecule has 0 saturated heterocycles. The van der Waals surface area contributed by atoms with Crippen LogP contribution in [0.4, 0.5) is 0 Å². The Kier molecular flexibility index (Phi) is 13.6. The highest BCUT2D eigenvalue weighted by atomic mass is 16.2. The number of amides is 1. The van der Waals surface area contributed by atoms with E-state index in [1.54, 1.807) is 6.08 Å². The van der Waals surface area contributed by atoms with E-state index >= 15 is 0 Å². The Bertz CT molecular complexity index is 260. The van der Waals surface area contributed by atoms with Crippen LogP contribution in [0.1, 0.15) is 71.1 Å². The van der Waals surface area contributed by atoms with Crippen LogP contribution in [0.15, 0.2) is 25.3 Å². The summed E-state index contributed by atoms with van der Waals surface area (Å²) in [5, 5.41) is 0. The van der Waals surface area contributed by atoms with E-state index in [4.69, 9.17) is 0 Å². The molecule has 2 nitrogen and oxygen atoms in total. The Balaban J connectivity index is 3.43. The van der Waals surface area contributed by atoms with Gasteiger partial charge in [0.2, 0.25) is 5.91 Å². The lowest BCUT2D eigenvalue weighted by Crippen LogP contribution is -2.30. The molecule has 0 radical (unpaired) electrons. The van der Waals surface area contributed by atoms with Gasteiger partial charge >= 0.3 is 0 Å². The van der Waals surface area contributed by atoms with Gasteiger partial charge in [0.05, 0.1) is 0 Å². The summed E-state index contributed by atoms with van der Waals surface area (Å²) in [5.41, 5.74) is 0. The van der Waals surface area contributed by atoms with Crippen LogP contribution in [0, 0.1) is 0 Å². The summed E-state index contributed by atoms with van der Waals surface area (Å²) in [6.07, 6.45) is 16.4. The second-order valence-electron chi connectivity index (χ2n) is 5.46. The van der Waals surface area contributed by atoms with E-state index in [2.05, 4.69) is 20.1 Å². The number of hydrogen-bond acceptors (Lipinski definition) is 1. The van der Waals surface area contributed by atoms with E-state index in [0.29, 0.717) is 6.54 Å². The van der Waals surface area contributed by atoms with E-state index in [9.17, 15) is 4.79 Å². The molecule has 0 fully saturated rings. The van der Waals surface area contributed by atoms with Gasteiger partial charge in [-0.2, -0.15) is 0 Å². The third-order valence-electron chi connectivity index (χ3n) is 3.62. The fourth-order valence-corrected chi connectivity index (χ4v) is 2.37. The van der Waals surface area contributed by atoms with Crippen LogP contribution in [0.5, 0.6) is 0 Å². The number of nitrogens with zero attached hydrogens (tertiary/aromatic N) is 1. The van der Waals surface area contributed by atoms with Crippen LogP contribution < -0.4 is 0 Å². The molecule has 0 aromatic carbocycles. The lowest BCUT2D eigenvalue weighted by molar-refractivity contribution is -0.125. The number of hydrogen-bond donors (Lipinski definition) is 0. The minimum atomic E-state index is 0.0147. The molecule has 0 bridgehead atoms. The van der Waals surface area contributed by atoms with Gasteiger partial charge in [-0.15, -0.1) is 6.58 Å². The molecule has 2 heteroatoms. The fraction of sp³-hybridized carbons (Fsp3) is 0.722. The molecule has 1 amide bonds. The average Bonchev–Trinajstić information content (AvgIpc) is 2.47. The van der Waals surface area contributed by atoms with E-state index in [1.807, 2.05) is 4.90 Å². The molecule has 0 aliphatic carbocycles. The standard InChI is InChI=1S/C18H33NO/c1-4-7-8-9-10-11-12-13-14-15-17-19(16-5-2)18(20)6-3/h5-6H,2-4,7-17H2,1H3. The number of carbonyl (C=O) groups excluding carboxylic acids is 1. The highest BCUT2D eigenvalue weighted by molar-refractivity contribution is 5.87. The highest BCUT2D eigenvalue weighted by Crippen LogP contribution is 2.10. The summed E-state index contributed by atoms with van der Waals surface area (Å²) in [6, 6.07) is 0. The van der Waals surface area contributed by atoms with Crippen LogP contribution in [0.2, 0.25) is 0 Å². The largest absolute Gasteiger partial charge is 0.335 e. The van der Waals surface area contributed by atoms with Crippen molar-refractivity contribution in [3.63, 3.8) is 0 Å². The molecule has 0 aromatic rings. The van der Waals surface area contributed by atoms with Gasteiger partial charge in [-0.3, -0.25) is 4.79 Å². The molecule has 0 heterocycles. The fourth-order valence-electron chi connectivity index (χ4n) is 2.37. The van der Waals surface area contributed by atoms with Crippen LogP contribution in [-0.2, 0) is 4.79 Å².